The molecule has 1 spiro atoms. The fourth-order valence-electron chi connectivity index (χ4n) is 4.04. The number of aryl methyl sites for hydroxylation is 1. The molecule has 1 fully saturated rings. The predicted octanol–water partition coefficient (Wildman–Crippen LogP) is 0.945. The summed E-state index contributed by atoms with van der Waals surface area (Å²) < 4.78 is 11.6. The van der Waals surface area contributed by atoms with Crippen LogP contribution in [-0.4, -0.2) is 57.2 Å². The lowest BCUT2D eigenvalue weighted by Gasteiger charge is -2.45. The van der Waals surface area contributed by atoms with E-state index in [0.29, 0.717) is 5.75 Å². The van der Waals surface area contributed by atoms with E-state index < -0.39 is 36.8 Å². The molecule has 0 amide bonds. The number of aliphatic hydroxyl groups excluding tert-OH is 4. The van der Waals surface area contributed by atoms with E-state index in [2.05, 4.69) is 31.2 Å². The van der Waals surface area contributed by atoms with Gasteiger partial charge in [0.25, 0.3) is 0 Å². The topological polar surface area (TPSA) is 99.4 Å². The van der Waals surface area contributed by atoms with Gasteiger partial charge in [-0.2, -0.15) is 0 Å². The lowest BCUT2D eigenvalue weighted by atomic mass is 9.89. The van der Waals surface area contributed by atoms with Gasteiger partial charge < -0.3 is 29.9 Å². The summed E-state index contributed by atoms with van der Waals surface area (Å²) in [5.41, 5.74) is 4.48. The summed E-state index contributed by atoms with van der Waals surface area (Å²) in [6.07, 6.45) is -3.28. The summed E-state index contributed by atoms with van der Waals surface area (Å²) in [7, 11) is 0. The number of rotatable bonds is 4. The number of hydrogen-bond acceptors (Lipinski definition) is 6. The Labute approximate surface area is 164 Å². The third-order valence-electron chi connectivity index (χ3n) is 5.72. The first-order chi connectivity index (χ1) is 13.5. The molecule has 150 valence electrons. The van der Waals surface area contributed by atoms with E-state index in [1.165, 1.54) is 11.1 Å². The number of ether oxygens (including phenoxy) is 2. The molecule has 0 unspecified atom stereocenters. The van der Waals surface area contributed by atoms with Crippen LogP contribution in [-0.2, 0) is 24.0 Å². The fourth-order valence-corrected chi connectivity index (χ4v) is 4.04. The number of fused-ring (bicyclic) bond motifs is 1. The van der Waals surface area contributed by atoms with Gasteiger partial charge in [0.2, 0.25) is 5.79 Å². The van der Waals surface area contributed by atoms with Crippen LogP contribution in [0.1, 0.15) is 29.2 Å². The van der Waals surface area contributed by atoms with Gasteiger partial charge >= 0.3 is 0 Å². The molecule has 2 aromatic carbocycles. The van der Waals surface area contributed by atoms with Crippen molar-refractivity contribution in [3.05, 3.63) is 64.7 Å². The molecule has 4 rings (SSSR count). The van der Waals surface area contributed by atoms with Gasteiger partial charge in [-0.15, -0.1) is 0 Å². The average Bonchev–Trinajstić information content (AvgIpc) is 3.08. The van der Waals surface area contributed by atoms with Crippen molar-refractivity contribution in [2.24, 2.45) is 0 Å². The average molecular weight is 386 g/mol. The number of benzene rings is 2. The van der Waals surface area contributed by atoms with Crippen molar-refractivity contribution in [3.8, 4) is 5.75 Å². The first-order valence-corrected chi connectivity index (χ1v) is 9.67. The van der Waals surface area contributed by atoms with Gasteiger partial charge in [-0.25, -0.2) is 0 Å². The maximum Gasteiger partial charge on any atom is 0.244 e. The second-order valence-electron chi connectivity index (χ2n) is 7.64. The zero-order valence-corrected chi connectivity index (χ0v) is 15.8. The van der Waals surface area contributed by atoms with Crippen LogP contribution in [0, 0.1) is 0 Å². The maximum absolute atomic E-state index is 10.5. The Hall–Kier alpha value is -1.96. The van der Waals surface area contributed by atoms with Crippen LogP contribution in [0.2, 0.25) is 0 Å². The first-order valence-electron chi connectivity index (χ1n) is 9.67. The minimum Gasteiger partial charge on any atom is -0.459 e. The zero-order chi connectivity index (χ0) is 19.9. The van der Waals surface area contributed by atoms with Crippen molar-refractivity contribution in [1.29, 1.82) is 0 Å². The van der Waals surface area contributed by atoms with E-state index in [4.69, 9.17) is 9.47 Å². The van der Waals surface area contributed by atoms with Crippen LogP contribution in [0.5, 0.6) is 5.75 Å². The standard InChI is InChI=1S/C22H26O6/c1-2-13-3-5-14(6-4-13)9-15-7-8-17-16(10-15)11-22(27-17)21(26)20(25)19(24)18(12-23)28-22/h3-8,10,18-21,23-26H,2,9,11-12H2,1H3/t18-,19-,20+,21-,22+/m1/s1. The molecule has 28 heavy (non-hydrogen) atoms. The molecule has 6 heteroatoms. The van der Waals surface area contributed by atoms with Gasteiger partial charge in [0, 0.05) is 12.0 Å². The van der Waals surface area contributed by atoms with Gasteiger partial charge in [-0.1, -0.05) is 43.3 Å². The van der Waals surface area contributed by atoms with Crippen molar-refractivity contribution in [1.82, 2.24) is 0 Å². The van der Waals surface area contributed by atoms with E-state index >= 15 is 0 Å². The van der Waals surface area contributed by atoms with E-state index in [0.717, 1.165) is 24.0 Å². The summed E-state index contributed by atoms with van der Waals surface area (Å²) in [5.74, 6) is -0.931. The van der Waals surface area contributed by atoms with Crippen molar-refractivity contribution in [2.45, 2.75) is 56.4 Å². The third-order valence-corrected chi connectivity index (χ3v) is 5.72. The van der Waals surface area contributed by atoms with Gasteiger partial charge in [0.15, 0.2) is 0 Å². The minimum atomic E-state index is -1.50. The van der Waals surface area contributed by atoms with Gasteiger partial charge in [0.1, 0.15) is 30.2 Å². The fraction of sp³-hybridized carbons (Fsp3) is 0.455. The lowest BCUT2D eigenvalue weighted by molar-refractivity contribution is -0.330. The summed E-state index contributed by atoms with van der Waals surface area (Å²) in [4.78, 5) is 0. The Morgan fingerprint density at radius 2 is 1.64 bits per heavy atom. The van der Waals surface area contributed by atoms with Crippen molar-refractivity contribution in [2.75, 3.05) is 6.61 Å². The summed E-state index contributed by atoms with van der Waals surface area (Å²) >= 11 is 0. The Bertz CT molecular complexity index is 833. The molecular formula is C22H26O6. The van der Waals surface area contributed by atoms with Crippen molar-refractivity contribution in [3.63, 3.8) is 0 Å². The summed E-state index contributed by atoms with van der Waals surface area (Å²) in [6, 6.07) is 14.3. The van der Waals surface area contributed by atoms with E-state index in [9.17, 15) is 20.4 Å². The molecule has 0 saturated carbocycles. The van der Waals surface area contributed by atoms with E-state index in [1.807, 2.05) is 18.2 Å². The smallest absolute Gasteiger partial charge is 0.244 e. The number of hydrogen-bond donors (Lipinski definition) is 4. The van der Waals surface area contributed by atoms with E-state index in [-0.39, 0.29) is 6.42 Å². The van der Waals surface area contributed by atoms with Crippen molar-refractivity contribution < 1.29 is 29.9 Å². The molecule has 2 aliphatic heterocycles. The Morgan fingerprint density at radius 1 is 0.964 bits per heavy atom. The first kappa shape index (κ1) is 19.4. The zero-order valence-electron chi connectivity index (χ0n) is 15.8. The highest BCUT2D eigenvalue weighted by Gasteiger charge is 2.57. The van der Waals surface area contributed by atoms with Crippen LogP contribution in [0.4, 0.5) is 0 Å². The Morgan fingerprint density at radius 3 is 2.32 bits per heavy atom. The molecule has 2 aromatic rings. The minimum absolute atomic E-state index is 0.229. The van der Waals surface area contributed by atoms with Crippen LogP contribution in [0.15, 0.2) is 42.5 Å². The molecule has 2 heterocycles. The van der Waals surface area contributed by atoms with Gasteiger partial charge in [0.05, 0.1) is 6.61 Å². The van der Waals surface area contributed by atoms with Gasteiger partial charge in [-0.3, -0.25) is 0 Å². The largest absolute Gasteiger partial charge is 0.459 e. The molecule has 4 N–H and O–H groups in total. The SMILES string of the molecule is CCc1ccc(Cc2ccc3c(c2)C[C@]2(O3)O[C@H](CO)[C@@H](O)[C@H](O)[C@H]2O)cc1. The van der Waals surface area contributed by atoms with Gasteiger partial charge in [-0.05, 0) is 35.6 Å². The highest BCUT2D eigenvalue weighted by Crippen LogP contribution is 2.43. The third kappa shape index (κ3) is 3.32. The highest BCUT2D eigenvalue weighted by atomic mass is 16.7. The maximum atomic E-state index is 10.5. The summed E-state index contributed by atoms with van der Waals surface area (Å²) in [5, 5.41) is 40.1. The quantitative estimate of drug-likeness (QED) is 0.624. The van der Waals surface area contributed by atoms with Crippen LogP contribution >= 0.6 is 0 Å². The monoisotopic (exact) mass is 386 g/mol. The molecule has 2 aliphatic rings. The molecule has 1 saturated heterocycles. The molecule has 0 bridgehead atoms. The summed E-state index contributed by atoms with van der Waals surface area (Å²) in [6.45, 7) is 1.65. The van der Waals surface area contributed by atoms with E-state index in [1.54, 1.807) is 0 Å². The molecule has 0 aliphatic carbocycles. The normalized spacial score (nSPS) is 31.6. The molecular weight excluding hydrogens is 360 g/mol. The van der Waals surface area contributed by atoms with Crippen LogP contribution in [0.3, 0.4) is 0 Å². The molecule has 6 nitrogen and oxygen atoms in total. The predicted molar refractivity (Wildman–Crippen MR) is 102 cm³/mol. The molecule has 0 aromatic heterocycles. The van der Waals surface area contributed by atoms with Crippen molar-refractivity contribution >= 4 is 0 Å². The Balaban J connectivity index is 1.55. The molecule has 0 radical (unpaired) electrons. The second-order valence-corrected chi connectivity index (χ2v) is 7.64. The second kappa shape index (κ2) is 7.46. The van der Waals surface area contributed by atoms with Crippen LogP contribution in [0.25, 0.3) is 0 Å². The highest BCUT2D eigenvalue weighted by molar-refractivity contribution is 5.43. The van der Waals surface area contributed by atoms with Crippen LogP contribution < -0.4 is 4.74 Å². The number of aliphatic hydroxyl groups is 4. The Kier molecular flexibility index (Phi) is 5.16. The molecule has 5 atom stereocenters. The lowest BCUT2D eigenvalue weighted by Crippen LogP contribution is -2.67.